The number of nitrogens with zero attached hydrogens (tertiary/aromatic N) is 2. The smallest absolute Gasteiger partial charge is 0.246 e. The van der Waals surface area contributed by atoms with E-state index in [0.29, 0.717) is 12.4 Å². The molecule has 3 N–H and O–H groups in total. The maximum Gasteiger partial charge on any atom is 0.246 e. The van der Waals surface area contributed by atoms with Crippen LogP contribution in [0.5, 0.6) is 0 Å². The number of H-pyrrole nitrogens is 1. The van der Waals surface area contributed by atoms with E-state index in [1.54, 1.807) is 30.3 Å². The molecule has 0 spiro atoms. The fourth-order valence-electron chi connectivity index (χ4n) is 3.36. The van der Waals surface area contributed by atoms with E-state index in [-0.39, 0.29) is 24.4 Å². The van der Waals surface area contributed by atoms with Gasteiger partial charge < -0.3 is 20.5 Å². The number of nitrogens with one attached hydrogen (secondary N) is 3. The highest BCUT2D eigenvalue weighted by Crippen LogP contribution is 2.23. The van der Waals surface area contributed by atoms with Crippen LogP contribution in [0.15, 0.2) is 48.7 Å². The van der Waals surface area contributed by atoms with Gasteiger partial charge in [0.05, 0.1) is 12.6 Å². The lowest BCUT2D eigenvalue weighted by Gasteiger charge is -2.22. The first-order chi connectivity index (χ1) is 14.0. The van der Waals surface area contributed by atoms with Crippen LogP contribution in [0.25, 0.3) is 17.0 Å². The second-order valence-electron chi connectivity index (χ2n) is 7.20. The second-order valence-corrected chi connectivity index (χ2v) is 7.20. The second kappa shape index (κ2) is 7.89. The first-order valence-corrected chi connectivity index (χ1v) is 9.53. The number of pyridine rings is 1. The van der Waals surface area contributed by atoms with Gasteiger partial charge in [-0.2, -0.15) is 0 Å². The molecule has 1 unspecified atom stereocenters. The van der Waals surface area contributed by atoms with Gasteiger partial charge in [-0.05, 0) is 42.1 Å². The van der Waals surface area contributed by atoms with Crippen LogP contribution < -0.4 is 10.6 Å². The van der Waals surface area contributed by atoms with Crippen molar-refractivity contribution in [2.45, 2.75) is 19.5 Å². The fourth-order valence-corrected chi connectivity index (χ4v) is 3.36. The number of fused-ring (bicyclic) bond motifs is 2. The van der Waals surface area contributed by atoms with Crippen LogP contribution in [-0.4, -0.2) is 40.3 Å². The molecular formula is C22H23N5O2. The number of para-hydroxylation sites is 1. The summed E-state index contributed by atoms with van der Waals surface area (Å²) in [5, 5.41) is 6.94. The van der Waals surface area contributed by atoms with E-state index in [4.69, 9.17) is 0 Å². The van der Waals surface area contributed by atoms with Gasteiger partial charge in [0.25, 0.3) is 0 Å². The lowest BCUT2D eigenvalue weighted by molar-refractivity contribution is -0.126. The van der Waals surface area contributed by atoms with Crippen LogP contribution in [0.4, 0.5) is 5.82 Å². The Hall–Kier alpha value is -3.45. The minimum absolute atomic E-state index is 0.0934. The van der Waals surface area contributed by atoms with Crippen LogP contribution in [-0.2, 0) is 16.1 Å². The Balaban J connectivity index is 1.47. The molecule has 7 heteroatoms. The summed E-state index contributed by atoms with van der Waals surface area (Å²) in [7, 11) is 1.79. The summed E-state index contributed by atoms with van der Waals surface area (Å²) in [6.07, 6.45) is 4.94. The van der Waals surface area contributed by atoms with E-state index in [0.717, 1.165) is 27.7 Å². The van der Waals surface area contributed by atoms with Crippen molar-refractivity contribution < 1.29 is 9.59 Å². The molecule has 7 nitrogen and oxygen atoms in total. The number of anilines is 1. The van der Waals surface area contributed by atoms with Crippen LogP contribution in [0.2, 0.25) is 0 Å². The molecule has 0 aliphatic carbocycles. The van der Waals surface area contributed by atoms with Crippen molar-refractivity contribution in [3.05, 3.63) is 65.5 Å². The number of hydrogen-bond donors (Lipinski definition) is 3. The Morgan fingerprint density at radius 3 is 2.90 bits per heavy atom. The highest BCUT2D eigenvalue weighted by Gasteiger charge is 2.18. The molecule has 1 atom stereocenters. The molecule has 2 aromatic heterocycles. The summed E-state index contributed by atoms with van der Waals surface area (Å²) in [6.45, 7) is 2.80. The largest absolute Gasteiger partial charge is 0.357 e. The standard InChI is InChI=1S/C22H23N5O2/c1-14(19-10-16-5-3-4-6-18(16)25-19)27(2)21(29)8-7-15-9-17-12-23-13-20(28)26-22(17)24-11-15/h3-11,14,23,25H,12-13H2,1-2H3,(H,24,26,28)/b8-7+. The van der Waals surface area contributed by atoms with Crippen molar-refractivity contribution >= 4 is 34.6 Å². The molecule has 1 aliphatic rings. The monoisotopic (exact) mass is 389 g/mol. The molecule has 1 aliphatic heterocycles. The third kappa shape index (κ3) is 4.05. The fraction of sp³-hybridized carbons (Fsp3) is 0.227. The highest BCUT2D eigenvalue weighted by atomic mass is 16.2. The third-order valence-corrected chi connectivity index (χ3v) is 5.19. The first kappa shape index (κ1) is 18.9. The van der Waals surface area contributed by atoms with Gasteiger partial charge in [0.1, 0.15) is 5.82 Å². The van der Waals surface area contributed by atoms with E-state index in [2.05, 4.69) is 26.7 Å². The molecule has 1 aromatic carbocycles. The maximum absolute atomic E-state index is 12.7. The summed E-state index contributed by atoms with van der Waals surface area (Å²) in [6, 6.07) is 12.0. The Kier molecular flexibility index (Phi) is 5.14. The molecule has 0 fully saturated rings. The highest BCUT2D eigenvalue weighted by molar-refractivity contribution is 5.93. The lowest BCUT2D eigenvalue weighted by atomic mass is 10.1. The van der Waals surface area contributed by atoms with Crippen molar-refractivity contribution in [3.8, 4) is 0 Å². The predicted molar refractivity (Wildman–Crippen MR) is 113 cm³/mol. The maximum atomic E-state index is 12.7. The number of rotatable bonds is 4. The number of benzene rings is 1. The molecule has 0 saturated heterocycles. The quantitative estimate of drug-likeness (QED) is 0.599. The number of carbonyl (C=O) groups is 2. The number of aromatic nitrogens is 2. The third-order valence-electron chi connectivity index (χ3n) is 5.19. The zero-order valence-electron chi connectivity index (χ0n) is 16.4. The molecule has 2 amide bonds. The molecule has 148 valence electrons. The predicted octanol–water partition coefficient (Wildman–Crippen LogP) is 2.84. The SMILES string of the molecule is CC(c1cc2ccccc2[nH]1)N(C)C(=O)/C=C/c1cnc2c(c1)CNCC(=O)N2. The van der Waals surface area contributed by atoms with E-state index < -0.39 is 0 Å². The summed E-state index contributed by atoms with van der Waals surface area (Å²) in [5.74, 6) is 0.355. The van der Waals surface area contributed by atoms with E-state index >= 15 is 0 Å². The van der Waals surface area contributed by atoms with Gasteiger partial charge in [-0.15, -0.1) is 0 Å². The van der Waals surface area contributed by atoms with E-state index in [1.807, 2.05) is 37.3 Å². The zero-order valence-corrected chi connectivity index (χ0v) is 16.4. The van der Waals surface area contributed by atoms with Crippen LogP contribution >= 0.6 is 0 Å². The van der Waals surface area contributed by atoms with Crippen molar-refractivity contribution in [2.75, 3.05) is 18.9 Å². The van der Waals surface area contributed by atoms with Crippen LogP contribution in [0.1, 0.15) is 29.8 Å². The van der Waals surface area contributed by atoms with Gasteiger partial charge >= 0.3 is 0 Å². The number of aromatic amines is 1. The van der Waals surface area contributed by atoms with Crippen LogP contribution in [0, 0.1) is 0 Å². The Bertz CT molecular complexity index is 1070. The normalized spacial score (nSPS) is 15.0. The first-order valence-electron chi connectivity index (χ1n) is 9.53. The summed E-state index contributed by atoms with van der Waals surface area (Å²) >= 11 is 0. The molecular weight excluding hydrogens is 366 g/mol. The summed E-state index contributed by atoms with van der Waals surface area (Å²) in [4.78, 5) is 33.6. The van der Waals surface area contributed by atoms with Crippen LogP contribution in [0.3, 0.4) is 0 Å². The summed E-state index contributed by atoms with van der Waals surface area (Å²) in [5.41, 5.74) is 3.75. The Morgan fingerprint density at radius 1 is 1.24 bits per heavy atom. The van der Waals surface area contributed by atoms with Crippen molar-refractivity contribution in [2.24, 2.45) is 0 Å². The molecule has 0 saturated carbocycles. The Labute approximate surface area is 168 Å². The van der Waals surface area contributed by atoms with Crippen molar-refractivity contribution in [3.63, 3.8) is 0 Å². The topological polar surface area (TPSA) is 90.1 Å². The molecule has 3 aromatic rings. The van der Waals surface area contributed by atoms with E-state index in [1.165, 1.54) is 0 Å². The summed E-state index contributed by atoms with van der Waals surface area (Å²) < 4.78 is 0. The number of likely N-dealkylation sites (N-methyl/N-ethyl adjacent to an activating group) is 1. The van der Waals surface area contributed by atoms with Gasteiger partial charge in [-0.25, -0.2) is 4.98 Å². The lowest BCUT2D eigenvalue weighted by Crippen LogP contribution is -2.28. The van der Waals surface area contributed by atoms with Crippen molar-refractivity contribution in [1.82, 2.24) is 20.2 Å². The van der Waals surface area contributed by atoms with Gasteiger partial charge in [0, 0.05) is 42.6 Å². The number of carbonyl (C=O) groups excluding carboxylic acids is 2. The minimum Gasteiger partial charge on any atom is -0.357 e. The van der Waals surface area contributed by atoms with Gasteiger partial charge in [-0.1, -0.05) is 18.2 Å². The molecule has 3 heterocycles. The number of hydrogen-bond acceptors (Lipinski definition) is 4. The average molecular weight is 389 g/mol. The van der Waals surface area contributed by atoms with Crippen molar-refractivity contribution in [1.29, 1.82) is 0 Å². The molecule has 0 bridgehead atoms. The molecule has 0 radical (unpaired) electrons. The molecule has 29 heavy (non-hydrogen) atoms. The van der Waals surface area contributed by atoms with Gasteiger partial charge in [-0.3, -0.25) is 9.59 Å². The molecule has 4 rings (SSSR count). The zero-order chi connectivity index (χ0) is 20.4. The van der Waals surface area contributed by atoms with E-state index in [9.17, 15) is 9.59 Å². The van der Waals surface area contributed by atoms with Gasteiger partial charge in [0.15, 0.2) is 0 Å². The minimum atomic E-state index is -0.109. The number of amides is 2. The van der Waals surface area contributed by atoms with Gasteiger partial charge in [0.2, 0.25) is 11.8 Å². The average Bonchev–Trinajstić information content (AvgIpc) is 3.07. The Morgan fingerprint density at radius 2 is 2.07 bits per heavy atom.